The summed E-state index contributed by atoms with van der Waals surface area (Å²) in [5, 5.41) is 2.85. The van der Waals surface area contributed by atoms with Crippen LogP contribution in [0.5, 0.6) is 11.5 Å². The minimum Gasteiger partial charge on any atom is -0.497 e. The maximum atomic E-state index is 12.9. The Kier molecular flexibility index (Phi) is 8.99. The van der Waals surface area contributed by atoms with Crippen LogP contribution >= 0.6 is 15.9 Å². The van der Waals surface area contributed by atoms with Crippen molar-refractivity contribution in [1.29, 1.82) is 0 Å². The van der Waals surface area contributed by atoms with E-state index in [9.17, 15) is 9.59 Å². The Morgan fingerprint density at radius 3 is 2.52 bits per heavy atom. The fourth-order valence-electron chi connectivity index (χ4n) is 2.70. The number of hydrogen-bond acceptors (Lipinski definition) is 4. The number of nitrogens with one attached hydrogen (secondary N) is 1. The standard InChI is InChI=1S/C22H27BrN2O4/c1-4-12-24-22(27)16(2)25(14-17-6-5-7-20(13-17)28-3)21(26)15-29-19-10-8-18(23)9-11-19/h5-11,13,16H,4,12,14-15H2,1-3H3,(H,24,27)/t16-/m1/s1. The van der Waals surface area contributed by atoms with Gasteiger partial charge in [-0.1, -0.05) is 35.0 Å². The predicted octanol–water partition coefficient (Wildman–Crippen LogP) is 3.78. The first kappa shape index (κ1) is 22.7. The van der Waals surface area contributed by atoms with Crippen LogP contribution in [0, 0.1) is 0 Å². The van der Waals surface area contributed by atoms with Crippen LogP contribution in [0.3, 0.4) is 0 Å². The highest BCUT2D eigenvalue weighted by atomic mass is 79.9. The highest BCUT2D eigenvalue weighted by molar-refractivity contribution is 9.10. The van der Waals surface area contributed by atoms with Gasteiger partial charge in [0.05, 0.1) is 7.11 Å². The summed E-state index contributed by atoms with van der Waals surface area (Å²) in [4.78, 5) is 27.0. The Labute approximate surface area is 180 Å². The molecular formula is C22H27BrN2O4. The number of carbonyl (C=O) groups is 2. The van der Waals surface area contributed by atoms with E-state index >= 15 is 0 Å². The molecule has 2 aromatic carbocycles. The molecule has 0 bridgehead atoms. The van der Waals surface area contributed by atoms with Gasteiger partial charge in [0.2, 0.25) is 5.91 Å². The molecule has 0 saturated carbocycles. The summed E-state index contributed by atoms with van der Waals surface area (Å²) < 4.78 is 11.8. The molecular weight excluding hydrogens is 436 g/mol. The zero-order valence-electron chi connectivity index (χ0n) is 17.0. The number of halogens is 1. The molecule has 0 aliphatic carbocycles. The van der Waals surface area contributed by atoms with Crippen molar-refractivity contribution in [2.45, 2.75) is 32.9 Å². The molecule has 2 amide bonds. The normalized spacial score (nSPS) is 11.4. The first-order valence-electron chi connectivity index (χ1n) is 9.53. The lowest BCUT2D eigenvalue weighted by Crippen LogP contribution is -2.49. The Morgan fingerprint density at radius 1 is 1.14 bits per heavy atom. The monoisotopic (exact) mass is 462 g/mol. The minimum atomic E-state index is -0.631. The van der Waals surface area contributed by atoms with Crippen molar-refractivity contribution < 1.29 is 19.1 Å². The molecule has 0 heterocycles. The number of nitrogens with zero attached hydrogens (tertiary/aromatic N) is 1. The smallest absolute Gasteiger partial charge is 0.261 e. The number of hydrogen-bond donors (Lipinski definition) is 1. The number of carbonyl (C=O) groups excluding carboxylic acids is 2. The molecule has 2 rings (SSSR count). The van der Waals surface area contributed by atoms with E-state index in [-0.39, 0.29) is 25.0 Å². The molecule has 0 aromatic heterocycles. The van der Waals surface area contributed by atoms with Crippen molar-refractivity contribution in [3.63, 3.8) is 0 Å². The largest absolute Gasteiger partial charge is 0.497 e. The molecule has 0 saturated heterocycles. The Balaban J connectivity index is 2.14. The van der Waals surface area contributed by atoms with E-state index in [1.54, 1.807) is 26.2 Å². The highest BCUT2D eigenvalue weighted by Gasteiger charge is 2.26. The third-order valence-electron chi connectivity index (χ3n) is 4.38. The van der Waals surface area contributed by atoms with Crippen molar-refractivity contribution in [2.24, 2.45) is 0 Å². The second-order valence-corrected chi connectivity index (χ2v) is 7.50. The molecule has 0 unspecified atom stereocenters. The van der Waals surface area contributed by atoms with Gasteiger partial charge < -0.3 is 19.7 Å². The van der Waals surface area contributed by atoms with E-state index < -0.39 is 6.04 Å². The molecule has 0 aliphatic rings. The summed E-state index contributed by atoms with van der Waals surface area (Å²) in [5.41, 5.74) is 0.872. The lowest BCUT2D eigenvalue weighted by molar-refractivity contribution is -0.142. The Morgan fingerprint density at radius 2 is 1.86 bits per heavy atom. The topological polar surface area (TPSA) is 67.9 Å². The van der Waals surface area contributed by atoms with E-state index in [0.717, 1.165) is 16.5 Å². The molecule has 156 valence electrons. The van der Waals surface area contributed by atoms with Gasteiger partial charge in [-0.15, -0.1) is 0 Å². The molecule has 2 aromatic rings. The Hall–Kier alpha value is -2.54. The summed E-state index contributed by atoms with van der Waals surface area (Å²) in [5.74, 6) is 0.830. The number of ether oxygens (including phenoxy) is 2. The molecule has 0 aliphatic heterocycles. The second-order valence-electron chi connectivity index (χ2n) is 6.58. The third-order valence-corrected chi connectivity index (χ3v) is 4.91. The van der Waals surface area contributed by atoms with Crippen LogP contribution in [-0.4, -0.2) is 43.0 Å². The first-order valence-corrected chi connectivity index (χ1v) is 10.3. The van der Waals surface area contributed by atoms with Crippen LogP contribution in [0.25, 0.3) is 0 Å². The van der Waals surface area contributed by atoms with Gasteiger partial charge in [0, 0.05) is 17.6 Å². The molecule has 0 fully saturated rings. The van der Waals surface area contributed by atoms with Crippen molar-refractivity contribution >= 4 is 27.7 Å². The average Bonchev–Trinajstić information content (AvgIpc) is 2.74. The van der Waals surface area contributed by atoms with Crippen molar-refractivity contribution in [3.05, 3.63) is 58.6 Å². The lowest BCUT2D eigenvalue weighted by atomic mass is 10.1. The average molecular weight is 463 g/mol. The fraction of sp³-hybridized carbons (Fsp3) is 0.364. The Bertz CT molecular complexity index is 811. The number of amides is 2. The van der Waals surface area contributed by atoms with E-state index in [4.69, 9.17) is 9.47 Å². The summed E-state index contributed by atoms with van der Waals surface area (Å²) in [6, 6.07) is 14.1. The van der Waals surface area contributed by atoms with Crippen LogP contribution < -0.4 is 14.8 Å². The fourth-order valence-corrected chi connectivity index (χ4v) is 2.97. The van der Waals surface area contributed by atoms with Crippen molar-refractivity contribution in [1.82, 2.24) is 10.2 Å². The highest BCUT2D eigenvalue weighted by Crippen LogP contribution is 2.18. The van der Waals surface area contributed by atoms with Crippen LogP contribution in [0.1, 0.15) is 25.8 Å². The molecule has 7 heteroatoms. The van der Waals surface area contributed by atoms with Gasteiger partial charge >= 0.3 is 0 Å². The van der Waals surface area contributed by atoms with Crippen LogP contribution in [0.2, 0.25) is 0 Å². The first-order chi connectivity index (χ1) is 13.9. The quantitative estimate of drug-likeness (QED) is 0.583. The van der Waals surface area contributed by atoms with Gasteiger partial charge in [-0.25, -0.2) is 0 Å². The predicted molar refractivity (Wildman–Crippen MR) is 116 cm³/mol. The SMILES string of the molecule is CCCNC(=O)[C@@H](C)N(Cc1cccc(OC)c1)C(=O)COc1ccc(Br)cc1. The number of benzene rings is 2. The van der Waals surface area contributed by atoms with E-state index in [2.05, 4.69) is 21.2 Å². The lowest BCUT2D eigenvalue weighted by Gasteiger charge is -2.28. The van der Waals surface area contributed by atoms with Crippen molar-refractivity contribution in [2.75, 3.05) is 20.3 Å². The molecule has 0 spiro atoms. The van der Waals surface area contributed by atoms with Gasteiger partial charge in [-0.3, -0.25) is 9.59 Å². The summed E-state index contributed by atoms with van der Waals surface area (Å²) >= 11 is 3.37. The van der Waals surface area contributed by atoms with Gasteiger partial charge in [-0.05, 0) is 55.3 Å². The molecule has 1 N–H and O–H groups in total. The number of rotatable bonds is 10. The maximum absolute atomic E-state index is 12.9. The summed E-state index contributed by atoms with van der Waals surface area (Å²) in [6.45, 7) is 4.40. The van der Waals surface area contributed by atoms with E-state index in [1.807, 2.05) is 43.3 Å². The van der Waals surface area contributed by atoms with Gasteiger partial charge in [0.25, 0.3) is 5.91 Å². The second kappa shape index (κ2) is 11.5. The van der Waals surface area contributed by atoms with Crippen LogP contribution in [-0.2, 0) is 16.1 Å². The summed E-state index contributed by atoms with van der Waals surface area (Å²) in [7, 11) is 1.59. The molecule has 6 nitrogen and oxygen atoms in total. The molecule has 0 radical (unpaired) electrons. The van der Waals surface area contributed by atoms with Crippen LogP contribution in [0.15, 0.2) is 53.0 Å². The van der Waals surface area contributed by atoms with Gasteiger partial charge in [-0.2, -0.15) is 0 Å². The zero-order chi connectivity index (χ0) is 21.2. The van der Waals surface area contributed by atoms with Gasteiger partial charge in [0.1, 0.15) is 17.5 Å². The molecule has 1 atom stereocenters. The maximum Gasteiger partial charge on any atom is 0.261 e. The third kappa shape index (κ3) is 7.09. The molecule has 29 heavy (non-hydrogen) atoms. The van der Waals surface area contributed by atoms with Gasteiger partial charge in [0.15, 0.2) is 6.61 Å². The van der Waals surface area contributed by atoms with E-state index in [0.29, 0.717) is 18.0 Å². The zero-order valence-corrected chi connectivity index (χ0v) is 18.6. The number of methoxy groups -OCH3 is 1. The van der Waals surface area contributed by atoms with Crippen LogP contribution in [0.4, 0.5) is 0 Å². The summed E-state index contributed by atoms with van der Waals surface area (Å²) in [6.07, 6.45) is 0.828. The van der Waals surface area contributed by atoms with E-state index in [1.165, 1.54) is 4.90 Å². The van der Waals surface area contributed by atoms with Crippen molar-refractivity contribution in [3.8, 4) is 11.5 Å². The minimum absolute atomic E-state index is 0.156.